The number of rotatable bonds is 7. The zero-order valence-electron chi connectivity index (χ0n) is 9.42. The van der Waals surface area contributed by atoms with E-state index < -0.39 is 8.56 Å². The highest BCUT2D eigenvalue weighted by Gasteiger charge is 2.34. The van der Waals surface area contributed by atoms with E-state index in [4.69, 9.17) is 13.6 Å². The Kier molecular flexibility index (Phi) is 6.58. The maximum Gasteiger partial charge on any atom is 0.339 e. The molecule has 0 aromatic carbocycles. The third-order valence-electron chi connectivity index (χ3n) is 2.20. The third kappa shape index (κ3) is 4.22. The Morgan fingerprint density at radius 3 is 2.00 bits per heavy atom. The average molecular weight is 206 g/mol. The molecule has 13 heavy (non-hydrogen) atoms. The monoisotopic (exact) mass is 206 g/mol. The summed E-state index contributed by atoms with van der Waals surface area (Å²) in [6.07, 6.45) is -0.155. The molecule has 80 valence electrons. The first-order chi connectivity index (χ1) is 6.14. The molecule has 0 radical (unpaired) electrons. The van der Waals surface area contributed by atoms with Crippen LogP contribution in [0.1, 0.15) is 27.7 Å². The summed E-state index contributed by atoms with van der Waals surface area (Å²) < 4.78 is 16.6. The van der Waals surface area contributed by atoms with Crippen LogP contribution in [0.25, 0.3) is 0 Å². The molecule has 0 bridgehead atoms. The summed E-state index contributed by atoms with van der Waals surface area (Å²) in [7, 11) is -0.299. The van der Waals surface area contributed by atoms with Gasteiger partial charge in [-0.3, -0.25) is 0 Å². The van der Waals surface area contributed by atoms with Gasteiger partial charge in [-0.15, -0.1) is 0 Å². The lowest BCUT2D eigenvalue weighted by molar-refractivity contribution is -0.0628. The molecule has 0 aliphatic heterocycles. The fourth-order valence-corrected chi connectivity index (χ4v) is 3.81. The van der Waals surface area contributed by atoms with Crippen LogP contribution in [0.5, 0.6) is 0 Å². The molecule has 4 heteroatoms. The average Bonchev–Trinajstić information content (AvgIpc) is 2.17. The first-order valence-corrected chi connectivity index (χ1v) is 7.21. The van der Waals surface area contributed by atoms with Crippen molar-refractivity contribution in [2.75, 3.05) is 13.7 Å². The van der Waals surface area contributed by atoms with Crippen molar-refractivity contribution in [1.82, 2.24) is 0 Å². The highest BCUT2D eigenvalue weighted by atomic mass is 28.4. The highest BCUT2D eigenvalue weighted by Crippen LogP contribution is 2.20. The minimum atomic E-state index is -1.95. The smallest absolute Gasteiger partial charge is 0.339 e. The number of hydrogen-bond donors (Lipinski definition) is 0. The molecule has 0 heterocycles. The Morgan fingerprint density at radius 2 is 1.69 bits per heavy atom. The van der Waals surface area contributed by atoms with Crippen LogP contribution in [0, 0.1) is 0 Å². The topological polar surface area (TPSA) is 27.7 Å². The molecule has 0 rings (SSSR count). The summed E-state index contributed by atoms with van der Waals surface area (Å²) in [6, 6.07) is 1.95. The van der Waals surface area contributed by atoms with Crippen LogP contribution in [0.3, 0.4) is 0 Å². The van der Waals surface area contributed by atoms with Gasteiger partial charge >= 0.3 is 8.56 Å². The summed E-state index contributed by atoms with van der Waals surface area (Å²) in [5.74, 6) is 0. The van der Waals surface area contributed by atoms with Crippen molar-refractivity contribution in [3.63, 3.8) is 0 Å². The first-order valence-electron chi connectivity index (χ1n) is 4.98. The summed E-state index contributed by atoms with van der Waals surface area (Å²) in [5, 5.41) is 0. The van der Waals surface area contributed by atoms with E-state index in [9.17, 15) is 0 Å². The molecule has 1 atom stereocenters. The SMILES string of the molecule is CCO[Si](CC)(CC)OC(C)OC. The lowest BCUT2D eigenvalue weighted by Crippen LogP contribution is -2.43. The number of ether oxygens (including phenoxy) is 1. The van der Waals surface area contributed by atoms with E-state index in [0.29, 0.717) is 0 Å². The molecular weight excluding hydrogens is 184 g/mol. The summed E-state index contributed by atoms with van der Waals surface area (Å²) in [6.45, 7) is 8.88. The first kappa shape index (κ1) is 13.1. The van der Waals surface area contributed by atoms with Crippen LogP contribution >= 0.6 is 0 Å². The van der Waals surface area contributed by atoms with Crippen LogP contribution in [0.15, 0.2) is 0 Å². The summed E-state index contributed by atoms with van der Waals surface area (Å²) in [5.41, 5.74) is 0. The molecule has 0 amide bonds. The van der Waals surface area contributed by atoms with Crippen molar-refractivity contribution in [2.24, 2.45) is 0 Å². The molecule has 0 fully saturated rings. The lowest BCUT2D eigenvalue weighted by atomic mass is 10.8. The molecule has 0 aliphatic rings. The van der Waals surface area contributed by atoms with Gasteiger partial charge in [0.25, 0.3) is 0 Å². The summed E-state index contributed by atoms with van der Waals surface area (Å²) >= 11 is 0. The Balaban J connectivity index is 4.19. The standard InChI is InChI=1S/C9H22O3Si/c1-6-11-13(7-2,8-3)12-9(4)10-5/h9H,6-8H2,1-5H3. The van der Waals surface area contributed by atoms with E-state index in [1.54, 1.807) is 7.11 Å². The number of methoxy groups -OCH3 is 1. The van der Waals surface area contributed by atoms with Gasteiger partial charge in [-0.25, -0.2) is 0 Å². The molecule has 0 N–H and O–H groups in total. The Bertz CT molecular complexity index is 126. The molecule has 0 aromatic heterocycles. The van der Waals surface area contributed by atoms with E-state index in [2.05, 4.69) is 13.8 Å². The zero-order valence-corrected chi connectivity index (χ0v) is 10.4. The minimum absolute atomic E-state index is 0.155. The van der Waals surface area contributed by atoms with E-state index in [-0.39, 0.29) is 6.29 Å². The Morgan fingerprint density at radius 1 is 1.15 bits per heavy atom. The fraction of sp³-hybridized carbons (Fsp3) is 1.00. The van der Waals surface area contributed by atoms with Crippen LogP contribution in [-0.4, -0.2) is 28.6 Å². The second kappa shape index (κ2) is 6.54. The van der Waals surface area contributed by atoms with Crippen molar-refractivity contribution in [2.45, 2.75) is 46.1 Å². The van der Waals surface area contributed by atoms with Gasteiger partial charge in [0.2, 0.25) is 0 Å². The molecular formula is C9H22O3Si. The predicted molar refractivity (Wildman–Crippen MR) is 55.9 cm³/mol. The van der Waals surface area contributed by atoms with Crippen LogP contribution in [-0.2, 0) is 13.6 Å². The van der Waals surface area contributed by atoms with Crippen LogP contribution < -0.4 is 0 Å². The largest absolute Gasteiger partial charge is 0.394 e. The highest BCUT2D eigenvalue weighted by molar-refractivity contribution is 6.67. The summed E-state index contributed by atoms with van der Waals surface area (Å²) in [4.78, 5) is 0. The molecule has 0 saturated carbocycles. The van der Waals surface area contributed by atoms with Gasteiger partial charge < -0.3 is 13.6 Å². The van der Waals surface area contributed by atoms with Gasteiger partial charge in [-0.2, -0.15) is 0 Å². The number of hydrogen-bond acceptors (Lipinski definition) is 3. The molecule has 0 aromatic rings. The maximum atomic E-state index is 5.82. The predicted octanol–water partition coefficient (Wildman–Crippen LogP) is 2.51. The molecule has 3 nitrogen and oxygen atoms in total. The van der Waals surface area contributed by atoms with Gasteiger partial charge in [0, 0.05) is 13.7 Å². The fourth-order valence-electron chi connectivity index (χ4n) is 1.27. The van der Waals surface area contributed by atoms with Crippen molar-refractivity contribution in [3.8, 4) is 0 Å². The van der Waals surface area contributed by atoms with Gasteiger partial charge in [-0.1, -0.05) is 13.8 Å². The van der Waals surface area contributed by atoms with Gasteiger partial charge in [0.1, 0.15) is 6.29 Å². The van der Waals surface area contributed by atoms with E-state index in [0.717, 1.165) is 18.7 Å². The molecule has 0 spiro atoms. The lowest BCUT2D eigenvalue weighted by Gasteiger charge is -2.30. The quantitative estimate of drug-likeness (QED) is 0.473. The van der Waals surface area contributed by atoms with E-state index in [1.165, 1.54) is 0 Å². The van der Waals surface area contributed by atoms with Gasteiger partial charge in [-0.05, 0) is 25.9 Å². The van der Waals surface area contributed by atoms with Crippen LogP contribution in [0.2, 0.25) is 12.1 Å². The maximum absolute atomic E-state index is 5.82. The minimum Gasteiger partial charge on any atom is -0.394 e. The third-order valence-corrected chi connectivity index (χ3v) is 5.93. The van der Waals surface area contributed by atoms with Crippen molar-refractivity contribution in [3.05, 3.63) is 0 Å². The van der Waals surface area contributed by atoms with Crippen molar-refractivity contribution < 1.29 is 13.6 Å². The molecule has 1 unspecified atom stereocenters. The van der Waals surface area contributed by atoms with E-state index in [1.807, 2.05) is 13.8 Å². The zero-order chi connectivity index (χ0) is 10.3. The second-order valence-electron chi connectivity index (χ2n) is 2.97. The van der Waals surface area contributed by atoms with Crippen molar-refractivity contribution in [1.29, 1.82) is 0 Å². The Labute approximate surface area is 82.6 Å². The normalized spacial score (nSPS) is 14.5. The Hall–Kier alpha value is 0.0969. The molecule has 0 aliphatic carbocycles. The molecule has 0 saturated heterocycles. The van der Waals surface area contributed by atoms with Gasteiger partial charge in [0.15, 0.2) is 0 Å². The van der Waals surface area contributed by atoms with Gasteiger partial charge in [0.05, 0.1) is 0 Å². The van der Waals surface area contributed by atoms with Crippen LogP contribution in [0.4, 0.5) is 0 Å². The van der Waals surface area contributed by atoms with E-state index >= 15 is 0 Å². The second-order valence-corrected chi connectivity index (χ2v) is 6.73. The van der Waals surface area contributed by atoms with Crippen molar-refractivity contribution >= 4 is 8.56 Å².